The molecule has 1 heterocycles. The molecule has 0 saturated heterocycles. The third kappa shape index (κ3) is 2.82. The van der Waals surface area contributed by atoms with E-state index in [4.69, 9.17) is 5.73 Å². The van der Waals surface area contributed by atoms with Crippen molar-refractivity contribution in [2.24, 2.45) is 11.7 Å². The lowest BCUT2D eigenvalue weighted by molar-refractivity contribution is -0.117. The molecule has 0 spiro atoms. The number of nitrogens with two attached hydrogens (primary N) is 1. The summed E-state index contributed by atoms with van der Waals surface area (Å²) in [7, 11) is 0. The maximum Gasteiger partial charge on any atom is 0.224 e. The quantitative estimate of drug-likeness (QED) is 0.802. The number of nitrogens with one attached hydrogen (secondary N) is 2. The molecule has 1 aliphatic carbocycles. The zero-order valence-corrected chi connectivity index (χ0v) is 11.4. The molecule has 0 bridgehead atoms. The van der Waals surface area contributed by atoms with Gasteiger partial charge in [0.1, 0.15) is 0 Å². The van der Waals surface area contributed by atoms with Crippen molar-refractivity contribution in [1.29, 1.82) is 0 Å². The third-order valence-electron chi connectivity index (χ3n) is 4.14. The molecular formula is C15H20N4O. The van der Waals surface area contributed by atoms with Gasteiger partial charge in [0, 0.05) is 23.5 Å². The predicted octanol–water partition coefficient (Wildman–Crippen LogP) is 2.41. The van der Waals surface area contributed by atoms with E-state index in [0.29, 0.717) is 12.3 Å². The van der Waals surface area contributed by atoms with Gasteiger partial charge in [0.25, 0.3) is 0 Å². The van der Waals surface area contributed by atoms with E-state index < -0.39 is 0 Å². The van der Waals surface area contributed by atoms with E-state index in [2.05, 4.69) is 15.5 Å². The fraction of sp³-hybridized carbons (Fsp3) is 0.467. The number of aromatic amines is 1. The molecule has 1 aromatic heterocycles. The van der Waals surface area contributed by atoms with Gasteiger partial charge in [-0.1, -0.05) is 12.8 Å². The molecule has 1 fully saturated rings. The van der Waals surface area contributed by atoms with Gasteiger partial charge in [0.15, 0.2) is 0 Å². The maximum atomic E-state index is 12.1. The number of carbonyl (C=O) groups is 1. The Bertz CT molecular complexity index is 607. The summed E-state index contributed by atoms with van der Waals surface area (Å²) >= 11 is 0. The van der Waals surface area contributed by atoms with E-state index >= 15 is 0 Å². The van der Waals surface area contributed by atoms with Crippen molar-refractivity contribution in [2.75, 3.05) is 5.32 Å². The Balaban J connectivity index is 1.63. The standard InChI is InChI=1S/C15H20N4O/c16-13-4-2-1-3-10(13)8-15(20)18-12-5-6-14-11(7-12)9-17-19-14/h5-7,9-10,13H,1-4,8,16H2,(H,17,19)(H,18,20). The second-order valence-electron chi connectivity index (χ2n) is 5.63. The van der Waals surface area contributed by atoms with Crippen LogP contribution in [0.15, 0.2) is 24.4 Å². The SMILES string of the molecule is NC1CCCCC1CC(=O)Nc1ccc2[nH]ncc2c1. The number of benzene rings is 1. The predicted molar refractivity (Wildman–Crippen MR) is 79.3 cm³/mol. The van der Waals surface area contributed by atoms with Gasteiger partial charge >= 0.3 is 0 Å². The molecule has 5 heteroatoms. The molecule has 2 aromatic rings. The van der Waals surface area contributed by atoms with Gasteiger partial charge in [0.2, 0.25) is 5.91 Å². The highest BCUT2D eigenvalue weighted by atomic mass is 16.1. The average molecular weight is 272 g/mol. The lowest BCUT2D eigenvalue weighted by atomic mass is 9.83. The van der Waals surface area contributed by atoms with Crippen LogP contribution in [0.2, 0.25) is 0 Å². The summed E-state index contributed by atoms with van der Waals surface area (Å²) < 4.78 is 0. The smallest absolute Gasteiger partial charge is 0.224 e. The van der Waals surface area contributed by atoms with Crippen LogP contribution in [0.5, 0.6) is 0 Å². The van der Waals surface area contributed by atoms with Gasteiger partial charge in [0.05, 0.1) is 11.7 Å². The van der Waals surface area contributed by atoms with Crippen LogP contribution in [-0.2, 0) is 4.79 Å². The van der Waals surface area contributed by atoms with Crippen LogP contribution in [0.25, 0.3) is 10.9 Å². The Kier molecular flexibility index (Phi) is 3.69. The van der Waals surface area contributed by atoms with Crippen LogP contribution in [0.3, 0.4) is 0 Å². The van der Waals surface area contributed by atoms with Crippen LogP contribution >= 0.6 is 0 Å². The van der Waals surface area contributed by atoms with Gasteiger partial charge in [-0.25, -0.2) is 0 Å². The van der Waals surface area contributed by atoms with E-state index in [1.165, 1.54) is 12.8 Å². The number of nitrogens with zero attached hydrogens (tertiary/aromatic N) is 1. The van der Waals surface area contributed by atoms with Crippen LogP contribution in [0.4, 0.5) is 5.69 Å². The summed E-state index contributed by atoms with van der Waals surface area (Å²) in [6.45, 7) is 0. The summed E-state index contributed by atoms with van der Waals surface area (Å²) in [6, 6.07) is 5.91. The number of aromatic nitrogens is 2. The molecule has 1 saturated carbocycles. The molecular weight excluding hydrogens is 252 g/mol. The Morgan fingerprint density at radius 1 is 1.40 bits per heavy atom. The lowest BCUT2D eigenvalue weighted by Crippen LogP contribution is -2.35. The van der Waals surface area contributed by atoms with Crippen LogP contribution in [0.1, 0.15) is 32.1 Å². The minimum Gasteiger partial charge on any atom is -0.327 e. The van der Waals surface area contributed by atoms with Gasteiger partial charge in [-0.3, -0.25) is 9.89 Å². The highest BCUT2D eigenvalue weighted by Crippen LogP contribution is 2.26. The number of carbonyl (C=O) groups excluding carboxylic acids is 1. The molecule has 4 N–H and O–H groups in total. The molecule has 1 aliphatic rings. The van der Waals surface area contributed by atoms with Gasteiger partial charge in [-0.2, -0.15) is 5.10 Å². The monoisotopic (exact) mass is 272 g/mol. The van der Waals surface area contributed by atoms with Crippen molar-refractivity contribution >= 4 is 22.5 Å². The molecule has 5 nitrogen and oxygen atoms in total. The van der Waals surface area contributed by atoms with Crippen molar-refractivity contribution < 1.29 is 4.79 Å². The summed E-state index contributed by atoms with van der Waals surface area (Å²) in [5.74, 6) is 0.372. The minimum atomic E-state index is 0.0511. The number of rotatable bonds is 3. The zero-order chi connectivity index (χ0) is 13.9. The summed E-state index contributed by atoms with van der Waals surface area (Å²) in [6.07, 6.45) is 6.75. The molecule has 0 aliphatic heterocycles. The molecule has 2 unspecified atom stereocenters. The number of hydrogen-bond donors (Lipinski definition) is 3. The first kappa shape index (κ1) is 13.1. The van der Waals surface area contributed by atoms with Gasteiger partial charge in [-0.05, 0) is 37.0 Å². The molecule has 3 rings (SSSR count). The average Bonchev–Trinajstić information content (AvgIpc) is 2.89. The molecule has 106 valence electrons. The van der Waals surface area contributed by atoms with E-state index in [-0.39, 0.29) is 11.9 Å². The number of H-pyrrole nitrogens is 1. The first-order valence-corrected chi connectivity index (χ1v) is 7.21. The molecule has 0 radical (unpaired) electrons. The largest absolute Gasteiger partial charge is 0.327 e. The van der Waals surface area contributed by atoms with Crippen LogP contribution in [0, 0.1) is 5.92 Å². The zero-order valence-electron chi connectivity index (χ0n) is 11.4. The molecule has 1 aromatic carbocycles. The Morgan fingerprint density at radius 2 is 2.25 bits per heavy atom. The second-order valence-corrected chi connectivity index (χ2v) is 5.63. The van der Waals surface area contributed by atoms with E-state index in [1.54, 1.807) is 6.20 Å². The Morgan fingerprint density at radius 3 is 3.10 bits per heavy atom. The minimum absolute atomic E-state index is 0.0511. The first-order valence-electron chi connectivity index (χ1n) is 7.21. The van der Waals surface area contributed by atoms with Crippen molar-refractivity contribution in [3.8, 4) is 0 Å². The molecule has 2 atom stereocenters. The number of anilines is 1. The number of fused-ring (bicyclic) bond motifs is 1. The second kappa shape index (κ2) is 5.63. The Hall–Kier alpha value is -1.88. The first-order chi connectivity index (χ1) is 9.72. The maximum absolute atomic E-state index is 12.1. The summed E-state index contributed by atoms with van der Waals surface area (Å²) in [4.78, 5) is 12.1. The van der Waals surface area contributed by atoms with E-state index in [1.807, 2.05) is 18.2 Å². The van der Waals surface area contributed by atoms with Crippen molar-refractivity contribution in [2.45, 2.75) is 38.1 Å². The van der Waals surface area contributed by atoms with Crippen molar-refractivity contribution in [3.63, 3.8) is 0 Å². The fourth-order valence-electron chi connectivity index (χ4n) is 2.96. The van der Waals surface area contributed by atoms with Crippen LogP contribution in [-0.4, -0.2) is 22.1 Å². The summed E-state index contributed by atoms with van der Waals surface area (Å²) in [5, 5.41) is 10.8. The van der Waals surface area contributed by atoms with Crippen molar-refractivity contribution in [1.82, 2.24) is 10.2 Å². The van der Waals surface area contributed by atoms with Crippen molar-refractivity contribution in [3.05, 3.63) is 24.4 Å². The normalized spacial score (nSPS) is 22.9. The third-order valence-corrected chi connectivity index (χ3v) is 4.14. The van der Waals surface area contributed by atoms with E-state index in [0.717, 1.165) is 29.4 Å². The van der Waals surface area contributed by atoms with Gasteiger partial charge < -0.3 is 11.1 Å². The number of hydrogen-bond acceptors (Lipinski definition) is 3. The molecule has 20 heavy (non-hydrogen) atoms. The topological polar surface area (TPSA) is 83.8 Å². The van der Waals surface area contributed by atoms with Gasteiger partial charge in [-0.15, -0.1) is 0 Å². The highest BCUT2D eigenvalue weighted by Gasteiger charge is 2.24. The highest BCUT2D eigenvalue weighted by molar-refractivity contribution is 5.93. The Labute approximate surface area is 117 Å². The van der Waals surface area contributed by atoms with E-state index in [9.17, 15) is 4.79 Å². The summed E-state index contributed by atoms with van der Waals surface area (Å²) in [5.41, 5.74) is 7.87. The van der Waals surface area contributed by atoms with Crippen LogP contribution < -0.4 is 11.1 Å². The lowest BCUT2D eigenvalue weighted by Gasteiger charge is -2.27. The fourth-order valence-corrected chi connectivity index (χ4v) is 2.96. The number of amides is 1. The molecule has 1 amide bonds.